The highest BCUT2D eigenvalue weighted by Gasteiger charge is 2.09. The topological polar surface area (TPSA) is 76.1 Å². The lowest BCUT2D eigenvalue weighted by atomic mass is 10.3. The SMILES string of the molecule is CCOc1ccc(Nc2cnc(C(=O)Nc3cccc(Cl)c3)cn2)cc1. The molecule has 6 nitrogen and oxygen atoms in total. The molecule has 3 rings (SSSR count). The zero-order chi connectivity index (χ0) is 18.4. The van der Waals surface area contributed by atoms with Crippen LogP contribution in [0.25, 0.3) is 0 Å². The Bertz CT molecular complexity index is 883. The van der Waals surface area contributed by atoms with Crippen LogP contribution in [0.1, 0.15) is 17.4 Å². The summed E-state index contributed by atoms with van der Waals surface area (Å²) in [6.45, 7) is 2.56. The van der Waals surface area contributed by atoms with E-state index < -0.39 is 0 Å². The first kappa shape index (κ1) is 17.7. The van der Waals surface area contributed by atoms with Crippen LogP contribution in [-0.2, 0) is 0 Å². The Balaban J connectivity index is 1.63. The van der Waals surface area contributed by atoms with Crippen molar-refractivity contribution >= 4 is 34.7 Å². The number of aromatic nitrogens is 2. The molecule has 26 heavy (non-hydrogen) atoms. The lowest BCUT2D eigenvalue weighted by Gasteiger charge is -2.08. The van der Waals surface area contributed by atoms with Gasteiger partial charge in [-0.25, -0.2) is 9.97 Å². The van der Waals surface area contributed by atoms with E-state index in [1.165, 1.54) is 12.4 Å². The summed E-state index contributed by atoms with van der Waals surface area (Å²) in [5.41, 5.74) is 1.65. The molecule has 0 aliphatic carbocycles. The predicted molar refractivity (Wildman–Crippen MR) is 102 cm³/mol. The van der Waals surface area contributed by atoms with Gasteiger partial charge in [0, 0.05) is 16.4 Å². The molecule has 0 fully saturated rings. The number of hydrogen-bond donors (Lipinski definition) is 2. The minimum absolute atomic E-state index is 0.210. The van der Waals surface area contributed by atoms with Gasteiger partial charge in [-0.1, -0.05) is 17.7 Å². The summed E-state index contributed by atoms with van der Waals surface area (Å²) in [6, 6.07) is 14.4. The Morgan fingerprint density at radius 1 is 1.08 bits per heavy atom. The van der Waals surface area contributed by atoms with E-state index in [1.54, 1.807) is 24.3 Å². The molecule has 7 heteroatoms. The van der Waals surface area contributed by atoms with E-state index >= 15 is 0 Å². The van der Waals surface area contributed by atoms with Crippen molar-refractivity contribution in [1.29, 1.82) is 0 Å². The number of carbonyl (C=O) groups excluding carboxylic acids is 1. The van der Waals surface area contributed by atoms with Crippen molar-refractivity contribution in [2.24, 2.45) is 0 Å². The van der Waals surface area contributed by atoms with Gasteiger partial charge in [-0.05, 0) is 49.4 Å². The second-order valence-corrected chi connectivity index (χ2v) is 5.77. The summed E-state index contributed by atoms with van der Waals surface area (Å²) < 4.78 is 5.40. The smallest absolute Gasteiger partial charge is 0.275 e. The van der Waals surface area contributed by atoms with Crippen LogP contribution in [0.2, 0.25) is 5.02 Å². The van der Waals surface area contributed by atoms with Crippen LogP contribution in [0.5, 0.6) is 5.75 Å². The maximum absolute atomic E-state index is 12.2. The first-order valence-corrected chi connectivity index (χ1v) is 8.40. The van der Waals surface area contributed by atoms with Gasteiger partial charge in [-0.3, -0.25) is 4.79 Å². The normalized spacial score (nSPS) is 10.2. The molecule has 0 atom stereocenters. The number of amides is 1. The minimum atomic E-state index is -0.354. The standard InChI is InChI=1S/C19H17ClN4O2/c1-2-26-16-8-6-14(7-9-16)23-18-12-21-17(11-22-18)19(25)24-15-5-3-4-13(20)10-15/h3-12H,2H2,1H3,(H,22,23)(H,24,25). The number of benzene rings is 2. The van der Waals surface area contributed by atoms with Crippen molar-refractivity contribution in [3.63, 3.8) is 0 Å². The van der Waals surface area contributed by atoms with Crippen molar-refractivity contribution in [2.45, 2.75) is 6.92 Å². The number of halogens is 1. The lowest BCUT2D eigenvalue weighted by Crippen LogP contribution is -2.14. The number of nitrogens with one attached hydrogen (secondary N) is 2. The molecular formula is C19H17ClN4O2. The summed E-state index contributed by atoms with van der Waals surface area (Å²) in [4.78, 5) is 20.6. The Morgan fingerprint density at radius 3 is 2.54 bits per heavy atom. The predicted octanol–water partition coefficient (Wildman–Crippen LogP) is 4.52. The largest absolute Gasteiger partial charge is 0.494 e. The van der Waals surface area contributed by atoms with Crippen LogP contribution >= 0.6 is 11.6 Å². The molecule has 0 saturated carbocycles. The van der Waals surface area contributed by atoms with Crippen LogP contribution in [-0.4, -0.2) is 22.5 Å². The zero-order valence-corrected chi connectivity index (χ0v) is 14.8. The molecule has 3 aromatic rings. The molecule has 1 aromatic heterocycles. The van der Waals surface area contributed by atoms with Gasteiger partial charge in [0.05, 0.1) is 19.0 Å². The van der Waals surface area contributed by atoms with Gasteiger partial charge < -0.3 is 15.4 Å². The number of carbonyl (C=O) groups is 1. The molecule has 1 amide bonds. The lowest BCUT2D eigenvalue weighted by molar-refractivity contribution is 0.102. The molecule has 0 radical (unpaired) electrons. The Morgan fingerprint density at radius 2 is 1.88 bits per heavy atom. The van der Waals surface area contributed by atoms with Crippen LogP contribution in [0.4, 0.5) is 17.2 Å². The Labute approximate surface area is 156 Å². The zero-order valence-electron chi connectivity index (χ0n) is 14.1. The van der Waals surface area contributed by atoms with E-state index in [2.05, 4.69) is 20.6 Å². The molecule has 2 N–H and O–H groups in total. The summed E-state index contributed by atoms with van der Waals surface area (Å²) in [5.74, 6) is 0.984. The monoisotopic (exact) mass is 368 g/mol. The van der Waals surface area contributed by atoms with Gasteiger partial charge in [-0.2, -0.15) is 0 Å². The van der Waals surface area contributed by atoms with Crippen molar-refractivity contribution in [1.82, 2.24) is 9.97 Å². The molecule has 132 valence electrons. The maximum Gasteiger partial charge on any atom is 0.275 e. The average Bonchev–Trinajstić information content (AvgIpc) is 2.64. The number of anilines is 3. The molecule has 2 aromatic carbocycles. The highest BCUT2D eigenvalue weighted by molar-refractivity contribution is 6.30. The van der Waals surface area contributed by atoms with E-state index in [4.69, 9.17) is 16.3 Å². The average molecular weight is 369 g/mol. The fourth-order valence-electron chi connectivity index (χ4n) is 2.22. The molecule has 0 spiro atoms. The second-order valence-electron chi connectivity index (χ2n) is 5.33. The summed E-state index contributed by atoms with van der Waals surface area (Å²) >= 11 is 5.90. The molecule has 0 aliphatic rings. The first-order valence-electron chi connectivity index (χ1n) is 8.03. The maximum atomic E-state index is 12.2. The summed E-state index contributed by atoms with van der Waals surface area (Å²) in [6.07, 6.45) is 2.92. The van der Waals surface area contributed by atoms with E-state index in [-0.39, 0.29) is 11.6 Å². The van der Waals surface area contributed by atoms with Crippen molar-refractivity contribution in [3.05, 3.63) is 71.6 Å². The quantitative estimate of drug-likeness (QED) is 0.668. The molecule has 1 heterocycles. The number of ether oxygens (including phenoxy) is 1. The molecule has 0 unspecified atom stereocenters. The third-order valence-electron chi connectivity index (χ3n) is 3.40. The van der Waals surface area contributed by atoms with Crippen molar-refractivity contribution < 1.29 is 9.53 Å². The van der Waals surface area contributed by atoms with Crippen LogP contribution < -0.4 is 15.4 Å². The van der Waals surface area contributed by atoms with Crippen molar-refractivity contribution in [2.75, 3.05) is 17.2 Å². The fraction of sp³-hybridized carbons (Fsp3) is 0.105. The van der Waals surface area contributed by atoms with E-state index in [0.29, 0.717) is 23.1 Å². The van der Waals surface area contributed by atoms with E-state index in [0.717, 1.165) is 11.4 Å². The van der Waals surface area contributed by atoms with Gasteiger partial charge >= 0.3 is 0 Å². The molecule has 0 aliphatic heterocycles. The van der Waals surface area contributed by atoms with Crippen LogP contribution in [0.3, 0.4) is 0 Å². The van der Waals surface area contributed by atoms with Gasteiger partial charge in [0.1, 0.15) is 17.3 Å². The van der Waals surface area contributed by atoms with Gasteiger partial charge in [0.2, 0.25) is 0 Å². The third-order valence-corrected chi connectivity index (χ3v) is 3.64. The van der Waals surface area contributed by atoms with E-state index in [1.807, 2.05) is 31.2 Å². The number of hydrogen-bond acceptors (Lipinski definition) is 5. The van der Waals surface area contributed by atoms with Crippen LogP contribution in [0, 0.1) is 0 Å². The van der Waals surface area contributed by atoms with Crippen LogP contribution in [0.15, 0.2) is 60.9 Å². The van der Waals surface area contributed by atoms with Gasteiger partial charge in [0.25, 0.3) is 5.91 Å². The van der Waals surface area contributed by atoms with Gasteiger partial charge in [0.15, 0.2) is 0 Å². The highest BCUT2D eigenvalue weighted by Crippen LogP contribution is 2.19. The minimum Gasteiger partial charge on any atom is -0.494 e. The van der Waals surface area contributed by atoms with Crippen molar-refractivity contribution in [3.8, 4) is 5.75 Å². The molecule has 0 bridgehead atoms. The highest BCUT2D eigenvalue weighted by atomic mass is 35.5. The summed E-state index contributed by atoms with van der Waals surface area (Å²) in [5, 5.41) is 6.39. The Kier molecular flexibility index (Phi) is 5.66. The van der Waals surface area contributed by atoms with Gasteiger partial charge in [-0.15, -0.1) is 0 Å². The fourth-order valence-corrected chi connectivity index (χ4v) is 2.41. The molecule has 0 saturated heterocycles. The Hall–Kier alpha value is -3.12. The summed E-state index contributed by atoms with van der Waals surface area (Å²) in [7, 11) is 0. The van der Waals surface area contributed by atoms with E-state index in [9.17, 15) is 4.79 Å². The number of rotatable bonds is 6. The first-order chi connectivity index (χ1) is 12.6. The molecular weight excluding hydrogens is 352 g/mol. The second kappa shape index (κ2) is 8.31. The third kappa shape index (κ3) is 4.70. The number of nitrogens with zero attached hydrogens (tertiary/aromatic N) is 2.